The van der Waals surface area contributed by atoms with E-state index in [4.69, 9.17) is 11.6 Å². The third kappa shape index (κ3) is 3.97. The van der Waals surface area contributed by atoms with Gasteiger partial charge in [0.1, 0.15) is 0 Å². The Bertz CT molecular complexity index is 605. The van der Waals surface area contributed by atoms with Crippen LogP contribution in [-0.4, -0.2) is 5.91 Å². The fourth-order valence-corrected chi connectivity index (χ4v) is 1.88. The summed E-state index contributed by atoms with van der Waals surface area (Å²) in [6.07, 6.45) is 3.92. The fourth-order valence-electron chi connectivity index (χ4n) is 1.70. The van der Waals surface area contributed by atoms with Crippen molar-refractivity contribution in [2.75, 3.05) is 5.32 Å². The molecule has 2 aromatic carbocycles. The van der Waals surface area contributed by atoms with Crippen LogP contribution in [0.5, 0.6) is 0 Å². The van der Waals surface area contributed by atoms with Crippen LogP contribution in [0.4, 0.5) is 5.69 Å². The predicted molar refractivity (Wildman–Crippen MR) is 81.1 cm³/mol. The van der Waals surface area contributed by atoms with E-state index in [2.05, 4.69) is 5.32 Å². The molecular weight excluding hydrogens is 258 g/mol. The first-order valence-corrected chi connectivity index (χ1v) is 6.33. The Morgan fingerprint density at radius 1 is 1.11 bits per heavy atom. The highest BCUT2D eigenvalue weighted by Gasteiger charge is 2.00. The molecule has 1 amide bonds. The van der Waals surface area contributed by atoms with Crippen molar-refractivity contribution in [3.05, 3.63) is 64.7 Å². The monoisotopic (exact) mass is 271 g/mol. The lowest BCUT2D eigenvalue weighted by Crippen LogP contribution is -2.05. The molecule has 0 aromatic heterocycles. The highest BCUT2D eigenvalue weighted by Crippen LogP contribution is 2.22. The molecule has 0 aliphatic rings. The maximum Gasteiger partial charge on any atom is 0.221 e. The van der Waals surface area contributed by atoms with Gasteiger partial charge in [0, 0.05) is 17.6 Å². The first-order valence-electron chi connectivity index (χ1n) is 5.95. The molecule has 1 N–H and O–H groups in total. The minimum atomic E-state index is -0.0969. The van der Waals surface area contributed by atoms with Gasteiger partial charge in [0.05, 0.1) is 0 Å². The number of carbonyl (C=O) groups is 1. The van der Waals surface area contributed by atoms with Gasteiger partial charge in [-0.05, 0) is 29.3 Å². The van der Waals surface area contributed by atoms with Crippen molar-refractivity contribution in [1.82, 2.24) is 0 Å². The van der Waals surface area contributed by atoms with Crippen LogP contribution in [0.3, 0.4) is 0 Å². The third-order valence-electron chi connectivity index (χ3n) is 2.57. The second-order valence-corrected chi connectivity index (χ2v) is 4.57. The van der Waals surface area contributed by atoms with Gasteiger partial charge in [0.2, 0.25) is 5.91 Å². The number of hydrogen-bond acceptors (Lipinski definition) is 1. The standard InChI is InChI=1S/C16H14ClNO/c1-12(19)18-15-9-10-16(17)14(11-15)8-7-13-5-3-2-4-6-13/h2-11H,1H3,(H,18,19)/b8-7+. The van der Waals surface area contributed by atoms with Gasteiger partial charge in [-0.2, -0.15) is 0 Å². The molecule has 0 spiro atoms. The van der Waals surface area contributed by atoms with Gasteiger partial charge < -0.3 is 5.32 Å². The van der Waals surface area contributed by atoms with Crippen molar-refractivity contribution in [3.8, 4) is 0 Å². The van der Waals surface area contributed by atoms with Crippen LogP contribution in [-0.2, 0) is 4.79 Å². The van der Waals surface area contributed by atoms with Crippen molar-refractivity contribution in [1.29, 1.82) is 0 Å². The van der Waals surface area contributed by atoms with Crippen molar-refractivity contribution >= 4 is 35.3 Å². The van der Waals surface area contributed by atoms with E-state index in [0.29, 0.717) is 5.02 Å². The summed E-state index contributed by atoms with van der Waals surface area (Å²) in [5.74, 6) is -0.0969. The van der Waals surface area contributed by atoms with Crippen LogP contribution in [0.15, 0.2) is 48.5 Å². The summed E-state index contributed by atoms with van der Waals surface area (Å²) in [5.41, 5.74) is 2.71. The van der Waals surface area contributed by atoms with Crippen molar-refractivity contribution in [3.63, 3.8) is 0 Å². The van der Waals surface area contributed by atoms with Gasteiger partial charge in [0.15, 0.2) is 0 Å². The summed E-state index contributed by atoms with van der Waals surface area (Å²) < 4.78 is 0. The largest absolute Gasteiger partial charge is 0.326 e. The summed E-state index contributed by atoms with van der Waals surface area (Å²) in [6.45, 7) is 1.48. The molecule has 19 heavy (non-hydrogen) atoms. The number of halogens is 1. The Balaban J connectivity index is 2.24. The highest BCUT2D eigenvalue weighted by molar-refractivity contribution is 6.32. The Labute approximate surface area is 117 Å². The number of rotatable bonds is 3. The minimum Gasteiger partial charge on any atom is -0.326 e. The molecule has 0 aliphatic carbocycles. The molecule has 0 radical (unpaired) electrons. The number of hydrogen-bond donors (Lipinski definition) is 1. The molecular formula is C16H14ClNO. The van der Waals surface area contributed by atoms with E-state index in [-0.39, 0.29) is 5.91 Å². The molecule has 0 unspecified atom stereocenters. The summed E-state index contributed by atoms with van der Waals surface area (Å²) >= 11 is 6.14. The fraction of sp³-hybridized carbons (Fsp3) is 0.0625. The summed E-state index contributed by atoms with van der Waals surface area (Å²) in [6, 6.07) is 15.4. The number of carbonyl (C=O) groups excluding carboxylic acids is 1. The Hall–Kier alpha value is -2.06. The zero-order chi connectivity index (χ0) is 13.7. The first kappa shape index (κ1) is 13.4. The third-order valence-corrected chi connectivity index (χ3v) is 2.92. The summed E-state index contributed by atoms with van der Waals surface area (Å²) in [7, 11) is 0. The van der Waals surface area contributed by atoms with Gasteiger partial charge in [-0.15, -0.1) is 0 Å². The lowest BCUT2D eigenvalue weighted by molar-refractivity contribution is -0.114. The van der Waals surface area contributed by atoms with E-state index in [1.54, 1.807) is 12.1 Å². The van der Waals surface area contributed by atoms with E-state index in [1.165, 1.54) is 6.92 Å². The van der Waals surface area contributed by atoms with Crippen molar-refractivity contribution in [2.24, 2.45) is 0 Å². The molecule has 2 rings (SSSR count). The van der Waals surface area contributed by atoms with Crippen LogP contribution in [0, 0.1) is 0 Å². The van der Waals surface area contributed by atoms with Crippen LogP contribution in [0.2, 0.25) is 5.02 Å². The Morgan fingerprint density at radius 2 is 1.84 bits per heavy atom. The number of benzene rings is 2. The van der Waals surface area contributed by atoms with E-state index in [9.17, 15) is 4.79 Å². The quantitative estimate of drug-likeness (QED) is 0.820. The zero-order valence-corrected chi connectivity index (χ0v) is 11.3. The van der Waals surface area contributed by atoms with E-state index in [0.717, 1.165) is 16.8 Å². The lowest BCUT2D eigenvalue weighted by atomic mass is 10.1. The number of anilines is 1. The van der Waals surface area contributed by atoms with E-state index >= 15 is 0 Å². The molecule has 0 atom stereocenters. The van der Waals surface area contributed by atoms with Crippen LogP contribution in [0.25, 0.3) is 12.2 Å². The molecule has 2 nitrogen and oxygen atoms in total. The molecule has 0 fully saturated rings. The molecule has 3 heteroatoms. The maximum absolute atomic E-state index is 11.0. The SMILES string of the molecule is CC(=O)Nc1ccc(Cl)c(/C=C/c2ccccc2)c1. The molecule has 96 valence electrons. The number of nitrogens with one attached hydrogen (secondary N) is 1. The summed E-state index contributed by atoms with van der Waals surface area (Å²) in [4.78, 5) is 11.0. The first-order chi connectivity index (χ1) is 9.15. The van der Waals surface area contributed by atoms with Gasteiger partial charge in [-0.1, -0.05) is 54.1 Å². The van der Waals surface area contributed by atoms with E-state index in [1.807, 2.05) is 48.6 Å². The predicted octanol–water partition coefficient (Wildman–Crippen LogP) is 4.47. The molecule has 0 saturated carbocycles. The summed E-state index contributed by atoms with van der Waals surface area (Å²) in [5, 5.41) is 3.39. The Morgan fingerprint density at radius 3 is 2.53 bits per heavy atom. The van der Waals surface area contributed by atoms with Gasteiger partial charge in [-0.25, -0.2) is 0 Å². The van der Waals surface area contributed by atoms with Crippen LogP contribution in [0.1, 0.15) is 18.1 Å². The average molecular weight is 272 g/mol. The maximum atomic E-state index is 11.0. The molecule has 0 aliphatic heterocycles. The van der Waals surface area contributed by atoms with E-state index < -0.39 is 0 Å². The molecule has 2 aromatic rings. The molecule has 0 heterocycles. The highest BCUT2D eigenvalue weighted by atomic mass is 35.5. The zero-order valence-electron chi connectivity index (χ0n) is 10.6. The Kier molecular flexibility index (Phi) is 4.37. The van der Waals surface area contributed by atoms with Crippen molar-refractivity contribution in [2.45, 2.75) is 6.92 Å². The van der Waals surface area contributed by atoms with Crippen LogP contribution < -0.4 is 5.32 Å². The van der Waals surface area contributed by atoms with Gasteiger partial charge >= 0.3 is 0 Å². The lowest BCUT2D eigenvalue weighted by Gasteiger charge is -2.05. The topological polar surface area (TPSA) is 29.1 Å². The molecule has 0 saturated heterocycles. The van der Waals surface area contributed by atoms with Gasteiger partial charge in [0.25, 0.3) is 0 Å². The normalized spacial score (nSPS) is 10.6. The minimum absolute atomic E-state index is 0.0969. The molecule has 0 bridgehead atoms. The van der Waals surface area contributed by atoms with Crippen molar-refractivity contribution < 1.29 is 4.79 Å². The smallest absolute Gasteiger partial charge is 0.221 e. The second kappa shape index (κ2) is 6.21. The second-order valence-electron chi connectivity index (χ2n) is 4.16. The van der Waals surface area contributed by atoms with Gasteiger partial charge in [-0.3, -0.25) is 4.79 Å². The number of amides is 1. The van der Waals surface area contributed by atoms with Crippen LogP contribution >= 0.6 is 11.6 Å². The average Bonchev–Trinajstić information content (AvgIpc) is 2.40.